The molecule has 0 atom stereocenters. The van der Waals surface area contributed by atoms with Crippen LogP contribution in [0.3, 0.4) is 0 Å². The van der Waals surface area contributed by atoms with E-state index >= 15 is 0 Å². The van der Waals surface area contributed by atoms with Crippen molar-refractivity contribution in [3.8, 4) is 0 Å². The Morgan fingerprint density at radius 1 is 1.07 bits per heavy atom. The Hall–Kier alpha value is -0.0800. The predicted molar refractivity (Wildman–Crippen MR) is 56.1 cm³/mol. The standard InChI is InChI=1S/C12H21NO/c14-11-3-1-10(2-4-11)7-13-8-12(9-13)5-6-12/h10-11,14H,1-9H2. The topological polar surface area (TPSA) is 23.5 Å². The lowest BCUT2D eigenvalue weighted by atomic mass is 9.85. The molecule has 1 heterocycles. The first-order valence-corrected chi connectivity index (χ1v) is 6.16. The molecule has 0 aromatic carbocycles. The van der Waals surface area contributed by atoms with Crippen LogP contribution in [0.15, 0.2) is 0 Å². The van der Waals surface area contributed by atoms with E-state index in [2.05, 4.69) is 4.90 Å². The molecule has 2 aliphatic carbocycles. The summed E-state index contributed by atoms with van der Waals surface area (Å²) in [5, 5.41) is 9.41. The summed E-state index contributed by atoms with van der Waals surface area (Å²) in [6.07, 6.45) is 7.60. The smallest absolute Gasteiger partial charge is 0.0540 e. The van der Waals surface area contributed by atoms with Crippen LogP contribution < -0.4 is 0 Å². The van der Waals surface area contributed by atoms with E-state index in [4.69, 9.17) is 0 Å². The minimum atomic E-state index is 0.0115. The summed E-state index contributed by atoms with van der Waals surface area (Å²) in [6.45, 7) is 4.08. The van der Waals surface area contributed by atoms with Crippen molar-refractivity contribution in [3.63, 3.8) is 0 Å². The largest absolute Gasteiger partial charge is 0.393 e. The molecule has 1 spiro atoms. The van der Waals surface area contributed by atoms with Gasteiger partial charge in [-0.05, 0) is 49.9 Å². The van der Waals surface area contributed by atoms with E-state index in [1.54, 1.807) is 0 Å². The Balaban J connectivity index is 1.40. The van der Waals surface area contributed by atoms with Gasteiger partial charge in [0.1, 0.15) is 0 Å². The first-order chi connectivity index (χ1) is 6.76. The highest BCUT2D eigenvalue weighted by Crippen LogP contribution is 2.53. The average molecular weight is 195 g/mol. The third kappa shape index (κ3) is 1.70. The molecule has 2 heteroatoms. The molecule has 80 valence electrons. The van der Waals surface area contributed by atoms with E-state index < -0.39 is 0 Å². The summed E-state index contributed by atoms with van der Waals surface area (Å²) in [4.78, 5) is 2.63. The summed E-state index contributed by atoms with van der Waals surface area (Å²) in [6, 6.07) is 0. The second-order valence-electron chi connectivity index (χ2n) is 5.84. The van der Waals surface area contributed by atoms with Crippen LogP contribution in [0.4, 0.5) is 0 Å². The van der Waals surface area contributed by atoms with Gasteiger partial charge in [0.2, 0.25) is 0 Å². The van der Waals surface area contributed by atoms with Crippen LogP contribution in [-0.4, -0.2) is 35.7 Å². The zero-order valence-electron chi connectivity index (χ0n) is 8.91. The Morgan fingerprint density at radius 2 is 1.71 bits per heavy atom. The second kappa shape index (κ2) is 3.21. The predicted octanol–water partition coefficient (Wildman–Crippen LogP) is 1.63. The molecule has 0 bridgehead atoms. The summed E-state index contributed by atoms with van der Waals surface area (Å²) in [5.41, 5.74) is 0.814. The van der Waals surface area contributed by atoms with Gasteiger partial charge in [0.15, 0.2) is 0 Å². The fraction of sp³-hybridized carbons (Fsp3) is 1.00. The molecule has 0 aromatic heterocycles. The third-order valence-corrected chi connectivity index (χ3v) is 4.41. The van der Waals surface area contributed by atoms with Crippen LogP contribution in [0, 0.1) is 11.3 Å². The molecular weight excluding hydrogens is 174 g/mol. The summed E-state index contributed by atoms with van der Waals surface area (Å²) in [5.74, 6) is 0.884. The third-order valence-electron chi connectivity index (χ3n) is 4.41. The second-order valence-corrected chi connectivity index (χ2v) is 5.84. The van der Waals surface area contributed by atoms with Gasteiger partial charge in [0, 0.05) is 19.6 Å². The number of likely N-dealkylation sites (tertiary alicyclic amines) is 1. The Bertz CT molecular complexity index is 208. The average Bonchev–Trinajstić information content (AvgIpc) is 2.88. The first kappa shape index (κ1) is 9.17. The SMILES string of the molecule is OC1CCC(CN2CC3(CC3)C2)CC1. The number of aliphatic hydroxyl groups is 1. The molecule has 2 nitrogen and oxygen atoms in total. The van der Waals surface area contributed by atoms with Gasteiger partial charge in [-0.15, -0.1) is 0 Å². The highest BCUT2D eigenvalue weighted by molar-refractivity contribution is 5.05. The zero-order chi connectivity index (χ0) is 9.60. The quantitative estimate of drug-likeness (QED) is 0.724. The van der Waals surface area contributed by atoms with Crippen LogP contribution in [-0.2, 0) is 0 Å². The van der Waals surface area contributed by atoms with Crippen molar-refractivity contribution in [1.82, 2.24) is 4.90 Å². The maximum atomic E-state index is 9.41. The molecule has 0 unspecified atom stereocenters. The van der Waals surface area contributed by atoms with E-state index in [1.165, 1.54) is 45.3 Å². The normalized spacial score (nSPS) is 40.9. The molecule has 14 heavy (non-hydrogen) atoms. The maximum absolute atomic E-state index is 9.41. The van der Waals surface area contributed by atoms with Gasteiger partial charge in [-0.25, -0.2) is 0 Å². The molecule has 1 N–H and O–H groups in total. The molecule has 3 aliphatic rings. The lowest BCUT2D eigenvalue weighted by Crippen LogP contribution is -2.50. The minimum Gasteiger partial charge on any atom is -0.393 e. The molecule has 0 radical (unpaired) electrons. The van der Waals surface area contributed by atoms with E-state index in [9.17, 15) is 5.11 Å². The van der Waals surface area contributed by atoms with E-state index in [0.717, 1.165) is 24.2 Å². The monoisotopic (exact) mass is 195 g/mol. The summed E-state index contributed by atoms with van der Waals surface area (Å²) >= 11 is 0. The molecule has 3 fully saturated rings. The van der Waals surface area contributed by atoms with Gasteiger partial charge in [0.05, 0.1) is 6.10 Å². The zero-order valence-corrected chi connectivity index (χ0v) is 8.91. The van der Waals surface area contributed by atoms with Gasteiger partial charge < -0.3 is 10.0 Å². The van der Waals surface area contributed by atoms with E-state index in [-0.39, 0.29) is 6.10 Å². The Kier molecular flexibility index (Phi) is 2.10. The first-order valence-electron chi connectivity index (χ1n) is 6.16. The van der Waals surface area contributed by atoms with Crippen LogP contribution in [0.2, 0.25) is 0 Å². The molecular formula is C12H21NO. The number of hydrogen-bond donors (Lipinski definition) is 1. The maximum Gasteiger partial charge on any atom is 0.0540 e. The van der Waals surface area contributed by atoms with Gasteiger partial charge in [-0.3, -0.25) is 0 Å². The lowest BCUT2D eigenvalue weighted by Gasteiger charge is -2.42. The van der Waals surface area contributed by atoms with Crippen LogP contribution in [0.5, 0.6) is 0 Å². The van der Waals surface area contributed by atoms with Gasteiger partial charge in [0.25, 0.3) is 0 Å². The van der Waals surface area contributed by atoms with Crippen LogP contribution in [0.1, 0.15) is 38.5 Å². The van der Waals surface area contributed by atoms with Crippen molar-refractivity contribution < 1.29 is 5.11 Å². The summed E-state index contributed by atoms with van der Waals surface area (Å²) < 4.78 is 0. The van der Waals surface area contributed by atoms with Crippen molar-refractivity contribution in [2.75, 3.05) is 19.6 Å². The lowest BCUT2D eigenvalue weighted by molar-refractivity contribution is 0.0400. The van der Waals surface area contributed by atoms with E-state index in [1.807, 2.05) is 0 Å². The van der Waals surface area contributed by atoms with Crippen molar-refractivity contribution in [2.24, 2.45) is 11.3 Å². The van der Waals surface area contributed by atoms with Crippen molar-refractivity contribution >= 4 is 0 Å². The Morgan fingerprint density at radius 3 is 2.29 bits per heavy atom. The van der Waals surface area contributed by atoms with Crippen molar-refractivity contribution in [2.45, 2.75) is 44.6 Å². The molecule has 0 amide bonds. The highest BCUT2D eigenvalue weighted by atomic mass is 16.3. The van der Waals surface area contributed by atoms with Crippen molar-refractivity contribution in [3.05, 3.63) is 0 Å². The molecule has 2 saturated carbocycles. The van der Waals surface area contributed by atoms with Gasteiger partial charge in [-0.1, -0.05) is 0 Å². The van der Waals surface area contributed by atoms with Crippen molar-refractivity contribution in [1.29, 1.82) is 0 Å². The van der Waals surface area contributed by atoms with Gasteiger partial charge >= 0.3 is 0 Å². The molecule has 1 saturated heterocycles. The molecule has 1 aliphatic heterocycles. The van der Waals surface area contributed by atoms with Crippen LogP contribution >= 0.6 is 0 Å². The molecule has 3 rings (SSSR count). The fourth-order valence-electron chi connectivity index (χ4n) is 3.22. The number of nitrogens with zero attached hydrogens (tertiary/aromatic N) is 1. The minimum absolute atomic E-state index is 0.0115. The van der Waals surface area contributed by atoms with Crippen LogP contribution in [0.25, 0.3) is 0 Å². The summed E-state index contributed by atoms with van der Waals surface area (Å²) in [7, 11) is 0. The number of aliphatic hydroxyl groups excluding tert-OH is 1. The highest BCUT2D eigenvalue weighted by Gasteiger charge is 2.52. The fourth-order valence-corrected chi connectivity index (χ4v) is 3.22. The van der Waals surface area contributed by atoms with Gasteiger partial charge in [-0.2, -0.15) is 0 Å². The number of hydrogen-bond acceptors (Lipinski definition) is 2. The van der Waals surface area contributed by atoms with E-state index in [0.29, 0.717) is 0 Å². The number of rotatable bonds is 2. The Labute approximate surface area is 86.3 Å². The molecule has 0 aromatic rings.